The number of aliphatic hydroxyl groups excluding tert-OH is 3. The van der Waals surface area contributed by atoms with Crippen molar-refractivity contribution < 1.29 is 90.1 Å². The van der Waals surface area contributed by atoms with Crippen molar-refractivity contribution in [3.8, 4) is 0 Å². The van der Waals surface area contributed by atoms with Crippen molar-refractivity contribution in [2.45, 2.75) is 63.4 Å². The molecule has 2 aromatic rings. The fourth-order valence-corrected chi connectivity index (χ4v) is 8.81. The molecule has 2 unspecified atom stereocenters. The van der Waals surface area contributed by atoms with Crippen molar-refractivity contribution in [1.29, 1.82) is 0 Å². The number of amides is 2. The molecule has 0 aromatic carbocycles. The van der Waals surface area contributed by atoms with Crippen molar-refractivity contribution in [3.63, 3.8) is 0 Å². The van der Waals surface area contributed by atoms with E-state index in [2.05, 4.69) is 34.4 Å². The van der Waals surface area contributed by atoms with Crippen LogP contribution in [0.1, 0.15) is 32.9 Å². The number of carbonyl (C=O) groups is 3. The number of likely N-dealkylation sites (N-methyl/N-ethyl adjacent to an activating group) is 1. The molecular weight excluding hydrogens is 861 g/mol. The zero-order chi connectivity index (χ0) is 43.9. The molecule has 0 spiro atoms. The quantitative estimate of drug-likeness (QED) is 0.0331. The zero-order valence-corrected chi connectivity index (χ0v) is 35.5. The van der Waals surface area contributed by atoms with Crippen LogP contribution in [-0.4, -0.2) is 166 Å². The van der Waals surface area contributed by atoms with Gasteiger partial charge in [-0.2, -0.15) is 4.31 Å². The lowest BCUT2D eigenvalue weighted by Gasteiger charge is -2.30. The number of nitrogens with zero attached hydrogens (tertiary/aromatic N) is 5. The average Bonchev–Trinajstić information content (AvgIpc) is 3.63. The molecule has 11 N–H and O–H groups in total. The minimum absolute atomic E-state index is 0.0256. The molecule has 0 aliphatic carbocycles. The maximum Gasteiger partial charge on any atom is 0.481 e. The molecule has 26 nitrogen and oxygen atoms in total. The number of thioether (sulfide) groups is 1. The van der Waals surface area contributed by atoms with Crippen molar-refractivity contribution in [2.24, 2.45) is 5.41 Å². The number of carbonyl (C=O) groups excluding carboxylic acids is 3. The Kier molecular flexibility index (Phi) is 17.5. The summed E-state index contributed by atoms with van der Waals surface area (Å²) in [4.78, 5) is 87.7. The van der Waals surface area contributed by atoms with Gasteiger partial charge in [0.15, 0.2) is 22.8 Å². The van der Waals surface area contributed by atoms with E-state index in [-0.39, 0.29) is 53.8 Å². The third-order valence-corrected chi connectivity index (χ3v) is 11.9. The second kappa shape index (κ2) is 20.4. The highest BCUT2D eigenvalue weighted by Crippen LogP contribution is 2.61. The maximum atomic E-state index is 12.7. The van der Waals surface area contributed by atoms with Crippen molar-refractivity contribution in [2.75, 3.05) is 65.5 Å². The molecule has 8 atom stereocenters. The molecule has 2 amide bonds. The van der Waals surface area contributed by atoms with Gasteiger partial charge in [-0.15, -0.1) is 0 Å². The van der Waals surface area contributed by atoms with Gasteiger partial charge >= 0.3 is 23.5 Å². The molecule has 1 aliphatic rings. The van der Waals surface area contributed by atoms with E-state index >= 15 is 0 Å². The van der Waals surface area contributed by atoms with Crippen LogP contribution in [-0.2, 0) is 50.7 Å². The molecule has 30 heteroatoms. The van der Waals surface area contributed by atoms with Crippen molar-refractivity contribution in [1.82, 2.24) is 30.2 Å². The van der Waals surface area contributed by atoms with Crippen LogP contribution in [0, 0.1) is 5.41 Å². The highest BCUT2D eigenvalue weighted by molar-refractivity contribution is 8.13. The number of anilines is 1. The number of quaternary nitrogens is 1. The van der Waals surface area contributed by atoms with Crippen LogP contribution in [0.4, 0.5) is 5.82 Å². The highest BCUT2D eigenvalue weighted by atomic mass is 32.2. The lowest BCUT2D eigenvalue weighted by Crippen LogP contribution is -2.46. The van der Waals surface area contributed by atoms with Gasteiger partial charge in [-0.1, -0.05) is 25.6 Å². The first-order chi connectivity index (χ1) is 26.6. The SMILES string of the molecule is CC(C)(COP(=O)(O)OP(=O)(O)OC[C@@H]1O[C@@H](n2cnc3c(N)ncnc32)[C@H](O)[C@H]1OP(=O)(O)O)[C@@H](O)C(=O)NCCC(=O)NCCSC(=O)C[C@@H](O)C[N+](C)(C)C. The number of ether oxygens (including phenoxy) is 1. The molecule has 2 aromatic heterocycles. The number of nitrogens with two attached hydrogens (primary N) is 1. The van der Waals surface area contributed by atoms with E-state index in [1.807, 2.05) is 21.1 Å². The molecule has 3 rings (SSSR count). The number of imidazole rings is 1. The molecule has 3 heterocycles. The van der Waals surface area contributed by atoms with E-state index in [1.165, 1.54) is 13.8 Å². The number of aromatic nitrogens is 4. The largest absolute Gasteiger partial charge is 0.481 e. The number of hydrogen-bond acceptors (Lipinski definition) is 19. The fraction of sp³-hybridized carbons (Fsp3) is 0.714. The predicted octanol–water partition coefficient (Wildman–Crippen LogP) is -1.88. The van der Waals surface area contributed by atoms with Gasteiger partial charge in [0.1, 0.15) is 48.9 Å². The van der Waals surface area contributed by atoms with E-state index in [1.54, 1.807) is 0 Å². The Morgan fingerprint density at radius 2 is 1.69 bits per heavy atom. The van der Waals surface area contributed by atoms with Gasteiger partial charge in [-0.05, 0) is 0 Å². The van der Waals surface area contributed by atoms with Gasteiger partial charge in [0, 0.05) is 37.1 Å². The van der Waals surface area contributed by atoms with E-state index in [4.69, 9.17) is 19.5 Å². The van der Waals surface area contributed by atoms with Gasteiger partial charge in [0.25, 0.3) is 0 Å². The molecule has 1 fully saturated rings. The fourth-order valence-electron chi connectivity index (χ4n) is 5.24. The minimum Gasteiger partial charge on any atom is -0.387 e. The van der Waals surface area contributed by atoms with Gasteiger partial charge < -0.3 is 60.5 Å². The van der Waals surface area contributed by atoms with Gasteiger partial charge in [-0.25, -0.2) is 28.6 Å². The second-order valence-corrected chi connectivity index (χ2v) is 20.0. The lowest BCUT2D eigenvalue weighted by molar-refractivity contribution is -0.873. The summed E-state index contributed by atoms with van der Waals surface area (Å²) in [6.07, 6.45) is -7.83. The Morgan fingerprint density at radius 3 is 2.33 bits per heavy atom. The summed E-state index contributed by atoms with van der Waals surface area (Å²) >= 11 is 0.958. The number of nitrogen functional groups attached to an aromatic ring is 1. The summed E-state index contributed by atoms with van der Waals surface area (Å²) < 4.78 is 62.6. The predicted molar refractivity (Wildman–Crippen MR) is 201 cm³/mol. The molecular formula is C28H50N8O18P3S+. The number of aliphatic hydroxyl groups is 3. The number of nitrogens with one attached hydrogen (secondary N) is 2. The molecule has 0 saturated carbocycles. The van der Waals surface area contributed by atoms with Gasteiger partial charge in [-0.3, -0.25) is 32.5 Å². The standard InChI is InChI=1S/C28H49N8O18P3S/c1-28(2,23(41)26(42)31-7-6-18(38)30-8-9-58-19(39)10-16(37)11-36(3,4)5)13-51-57(48,49)54-56(46,47)50-12-17-22(53-55(43,44)45)21(40)27(52-17)35-15-34-20-24(29)32-14-33-25(20)35/h14-17,21-23,27,37,40-41H,6-13H2,1-5H3,(H7-,29,30,31,32,33,38,42,43,44,45,46,47,48,49)/p+1/t16-,17+,21-,22+,23+,27-/m1/s1. The Bertz CT molecular complexity index is 1900. The molecule has 330 valence electrons. The van der Waals surface area contributed by atoms with Crippen LogP contribution in [0.25, 0.3) is 11.2 Å². The van der Waals surface area contributed by atoms with Gasteiger partial charge in [0.05, 0.1) is 40.7 Å². The number of fused-ring (bicyclic) bond motifs is 1. The Labute approximate surface area is 335 Å². The van der Waals surface area contributed by atoms with E-state index < -0.39 is 90.7 Å². The Balaban J connectivity index is 1.46. The molecule has 0 radical (unpaired) electrons. The number of phosphoric acid groups is 3. The third kappa shape index (κ3) is 15.8. The topological polar surface area (TPSA) is 384 Å². The van der Waals surface area contributed by atoms with Gasteiger partial charge in [0.2, 0.25) is 11.8 Å². The second-order valence-electron chi connectivity index (χ2n) is 14.6. The summed E-state index contributed by atoms with van der Waals surface area (Å²) in [6, 6.07) is 0. The normalized spacial score (nSPS) is 22.2. The van der Waals surface area contributed by atoms with E-state index in [0.29, 0.717) is 11.0 Å². The first-order valence-corrected chi connectivity index (χ1v) is 22.6. The summed E-state index contributed by atoms with van der Waals surface area (Å²) in [5.74, 6) is -1.26. The highest BCUT2D eigenvalue weighted by Gasteiger charge is 2.50. The summed E-state index contributed by atoms with van der Waals surface area (Å²) in [5, 5.41) is 36.1. The molecule has 1 saturated heterocycles. The van der Waals surface area contributed by atoms with Crippen LogP contribution in [0.5, 0.6) is 0 Å². The van der Waals surface area contributed by atoms with Crippen LogP contribution in [0.3, 0.4) is 0 Å². The number of phosphoric ester groups is 3. The summed E-state index contributed by atoms with van der Waals surface area (Å²) in [7, 11) is -10.8. The zero-order valence-electron chi connectivity index (χ0n) is 32.0. The van der Waals surface area contributed by atoms with E-state index in [9.17, 15) is 63.0 Å². The summed E-state index contributed by atoms with van der Waals surface area (Å²) in [5.41, 5.74) is 4.23. The maximum absolute atomic E-state index is 12.7. The Hall–Kier alpha value is -2.52. The van der Waals surface area contributed by atoms with Crippen LogP contribution in [0.15, 0.2) is 12.7 Å². The van der Waals surface area contributed by atoms with Crippen LogP contribution < -0.4 is 16.4 Å². The van der Waals surface area contributed by atoms with Crippen LogP contribution >= 0.6 is 35.2 Å². The summed E-state index contributed by atoms with van der Waals surface area (Å²) in [6.45, 7) is 0.747. The molecule has 0 bridgehead atoms. The van der Waals surface area contributed by atoms with Crippen molar-refractivity contribution >= 4 is 69.1 Å². The monoisotopic (exact) mass is 911 g/mol. The Morgan fingerprint density at radius 1 is 1.03 bits per heavy atom. The van der Waals surface area contributed by atoms with Crippen LogP contribution in [0.2, 0.25) is 0 Å². The lowest BCUT2D eigenvalue weighted by atomic mass is 9.87. The first-order valence-electron chi connectivity index (χ1n) is 17.1. The third-order valence-electron chi connectivity index (χ3n) is 7.93. The average molecular weight is 912 g/mol. The molecule has 58 heavy (non-hydrogen) atoms. The minimum atomic E-state index is -5.58. The number of rotatable bonds is 23. The molecule has 1 aliphatic heterocycles. The first kappa shape index (κ1) is 49.8. The smallest absolute Gasteiger partial charge is 0.387 e. The van der Waals surface area contributed by atoms with Crippen molar-refractivity contribution in [3.05, 3.63) is 12.7 Å². The van der Waals surface area contributed by atoms with E-state index in [0.717, 1.165) is 29.0 Å². The number of hydrogen-bond donors (Lipinski definition) is 10.